The first kappa shape index (κ1) is 20.0. The van der Waals surface area contributed by atoms with Crippen LogP contribution in [0.4, 0.5) is 5.13 Å². The molecule has 1 aliphatic rings. The molecule has 3 aromatic rings. The first-order chi connectivity index (χ1) is 14.5. The second-order valence-corrected chi connectivity index (χ2v) is 7.95. The average Bonchev–Trinajstić information content (AvgIpc) is 3.33. The van der Waals surface area contributed by atoms with E-state index in [1.165, 1.54) is 16.2 Å². The molecule has 0 atom stereocenters. The summed E-state index contributed by atoms with van der Waals surface area (Å²) in [4.78, 5) is 48.5. The van der Waals surface area contributed by atoms with E-state index in [2.05, 4.69) is 9.97 Å². The average molecular weight is 424 g/mol. The lowest BCUT2D eigenvalue weighted by Gasteiger charge is -2.22. The Hall–Kier alpha value is -3.33. The molecule has 0 unspecified atom stereocenters. The molecule has 1 aromatic carbocycles. The lowest BCUT2D eigenvalue weighted by Crippen LogP contribution is -2.42. The zero-order valence-electron chi connectivity index (χ0n) is 16.6. The van der Waals surface area contributed by atoms with Crippen LogP contribution in [-0.4, -0.2) is 46.2 Å². The Bertz CT molecular complexity index is 1110. The molecule has 1 fully saturated rings. The molecule has 4 rings (SSSR count). The van der Waals surface area contributed by atoms with E-state index in [4.69, 9.17) is 4.74 Å². The van der Waals surface area contributed by atoms with Gasteiger partial charge in [-0.2, -0.15) is 0 Å². The molecule has 9 heteroatoms. The second-order valence-electron chi connectivity index (χ2n) is 6.97. The summed E-state index contributed by atoms with van der Waals surface area (Å²) in [5.74, 6) is -0.400. The Kier molecular flexibility index (Phi) is 5.45. The normalized spacial score (nSPS) is 13.9. The van der Waals surface area contributed by atoms with Crippen molar-refractivity contribution in [3.8, 4) is 5.75 Å². The molecule has 0 radical (unpaired) electrons. The highest BCUT2D eigenvalue weighted by Crippen LogP contribution is 2.37. The van der Waals surface area contributed by atoms with Gasteiger partial charge >= 0.3 is 0 Å². The van der Waals surface area contributed by atoms with Crippen LogP contribution in [0.15, 0.2) is 36.7 Å². The van der Waals surface area contributed by atoms with Gasteiger partial charge in [-0.1, -0.05) is 23.5 Å². The van der Waals surface area contributed by atoms with Gasteiger partial charge in [0.15, 0.2) is 5.13 Å². The van der Waals surface area contributed by atoms with E-state index in [1.54, 1.807) is 25.6 Å². The number of amides is 3. The monoisotopic (exact) mass is 424 g/mol. The predicted octanol–water partition coefficient (Wildman–Crippen LogP) is 2.69. The zero-order valence-corrected chi connectivity index (χ0v) is 17.4. The van der Waals surface area contributed by atoms with E-state index in [0.717, 1.165) is 20.7 Å². The van der Waals surface area contributed by atoms with Crippen molar-refractivity contribution in [1.82, 2.24) is 14.9 Å². The van der Waals surface area contributed by atoms with E-state index in [0.29, 0.717) is 16.4 Å². The fraction of sp³-hybridized carbons (Fsp3) is 0.286. The van der Waals surface area contributed by atoms with Crippen molar-refractivity contribution < 1.29 is 19.1 Å². The smallest absolute Gasteiger partial charge is 0.249 e. The number of aryl methyl sites for hydroxylation is 1. The molecule has 0 aliphatic carbocycles. The molecule has 3 heterocycles. The number of thiazole rings is 1. The SMILES string of the molecule is COc1ccc(C)c2sc(N(Cc3cccnc3)C(=O)CN3C(=O)CCC3=O)nc12. The number of nitrogens with zero attached hydrogens (tertiary/aromatic N) is 4. The largest absolute Gasteiger partial charge is 0.494 e. The number of anilines is 1. The van der Waals surface area contributed by atoms with Crippen LogP contribution in [-0.2, 0) is 20.9 Å². The maximum atomic E-state index is 13.2. The van der Waals surface area contributed by atoms with Gasteiger partial charge in [0.25, 0.3) is 0 Å². The minimum Gasteiger partial charge on any atom is -0.494 e. The molecule has 2 aromatic heterocycles. The Morgan fingerprint density at radius 2 is 2.00 bits per heavy atom. The number of ether oxygens (including phenoxy) is 1. The molecule has 8 nitrogen and oxygen atoms in total. The number of methoxy groups -OCH3 is 1. The van der Waals surface area contributed by atoms with Crippen LogP contribution in [0.25, 0.3) is 10.2 Å². The molecule has 1 aliphatic heterocycles. The maximum absolute atomic E-state index is 13.2. The molecule has 0 spiro atoms. The first-order valence-corrected chi connectivity index (χ1v) is 10.3. The Labute approximate surface area is 177 Å². The molecular weight excluding hydrogens is 404 g/mol. The summed E-state index contributed by atoms with van der Waals surface area (Å²) < 4.78 is 6.34. The predicted molar refractivity (Wildman–Crippen MR) is 112 cm³/mol. The number of carbonyl (C=O) groups is 3. The van der Waals surface area contributed by atoms with Crippen molar-refractivity contribution in [2.45, 2.75) is 26.3 Å². The number of benzene rings is 1. The lowest BCUT2D eigenvalue weighted by molar-refractivity contribution is -0.141. The molecular formula is C21H20N4O4S. The molecule has 30 heavy (non-hydrogen) atoms. The van der Waals surface area contributed by atoms with Crippen LogP contribution >= 0.6 is 11.3 Å². The number of hydrogen-bond acceptors (Lipinski definition) is 7. The van der Waals surface area contributed by atoms with Crippen molar-refractivity contribution in [2.75, 3.05) is 18.6 Å². The summed E-state index contributed by atoms with van der Waals surface area (Å²) in [7, 11) is 1.58. The number of rotatable bonds is 6. The summed E-state index contributed by atoms with van der Waals surface area (Å²) in [5.41, 5.74) is 2.51. The molecule has 0 N–H and O–H groups in total. The number of likely N-dealkylation sites (tertiary alicyclic amines) is 1. The first-order valence-electron chi connectivity index (χ1n) is 9.44. The van der Waals surface area contributed by atoms with Gasteiger partial charge in [-0.3, -0.25) is 29.2 Å². The van der Waals surface area contributed by atoms with Crippen molar-refractivity contribution in [1.29, 1.82) is 0 Å². The van der Waals surface area contributed by atoms with Gasteiger partial charge in [0, 0.05) is 25.2 Å². The van der Waals surface area contributed by atoms with E-state index in [1.807, 2.05) is 25.1 Å². The van der Waals surface area contributed by atoms with Crippen molar-refractivity contribution in [3.05, 3.63) is 47.8 Å². The van der Waals surface area contributed by atoms with E-state index in [9.17, 15) is 14.4 Å². The molecule has 0 saturated carbocycles. The minimum atomic E-state index is -0.377. The van der Waals surface area contributed by atoms with Crippen LogP contribution < -0.4 is 9.64 Å². The van der Waals surface area contributed by atoms with Crippen LogP contribution in [0.5, 0.6) is 5.75 Å². The molecule has 1 saturated heterocycles. The standard InChI is InChI=1S/C21H20N4O4S/c1-13-5-6-15(29-2)19-20(13)30-21(23-19)25(11-14-4-3-9-22-10-14)18(28)12-24-16(26)7-8-17(24)27/h3-6,9-10H,7-8,11-12H2,1-2H3. The fourth-order valence-electron chi connectivity index (χ4n) is 3.34. The quantitative estimate of drug-likeness (QED) is 0.565. The van der Waals surface area contributed by atoms with Gasteiger partial charge in [-0.15, -0.1) is 0 Å². The molecule has 3 amide bonds. The second kappa shape index (κ2) is 8.19. The Morgan fingerprint density at radius 1 is 1.23 bits per heavy atom. The van der Waals surface area contributed by atoms with Gasteiger partial charge in [0.2, 0.25) is 17.7 Å². The van der Waals surface area contributed by atoms with Crippen LogP contribution in [0.2, 0.25) is 0 Å². The van der Waals surface area contributed by atoms with Gasteiger partial charge in [0.1, 0.15) is 17.8 Å². The topological polar surface area (TPSA) is 92.7 Å². The summed E-state index contributed by atoms with van der Waals surface area (Å²) >= 11 is 1.37. The number of aromatic nitrogens is 2. The van der Waals surface area contributed by atoms with Crippen molar-refractivity contribution in [3.63, 3.8) is 0 Å². The summed E-state index contributed by atoms with van der Waals surface area (Å²) in [6, 6.07) is 7.43. The number of hydrogen-bond donors (Lipinski definition) is 0. The van der Waals surface area contributed by atoms with Crippen LogP contribution in [0.1, 0.15) is 24.0 Å². The number of fused-ring (bicyclic) bond motifs is 1. The third kappa shape index (κ3) is 3.76. The third-order valence-electron chi connectivity index (χ3n) is 4.96. The zero-order chi connectivity index (χ0) is 21.3. The van der Waals surface area contributed by atoms with Crippen LogP contribution in [0, 0.1) is 6.92 Å². The summed E-state index contributed by atoms with van der Waals surface area (Å²) in [6.07, 6.45) is 3.62. The molecule has 154 valence electrons. The number of carbonyl (C=O) groups excluding carboxylic acids is 3. The van der Waals surface area contributed by atoms with Gasteiger partial charge in [0.05, 0.1) is 18.4 Å². The highest BCUT2D eigenvalue weighted by atomic mass is 32.1. The van der Waals surface area contributed by atoms with Crippen LogP contribution in [0.3, 0.4) is 0 Å². The van der Waals surface area contributed by atoms with E-state index in [-0.39, 0.29) is 43.7 Å². The van der Waals surface area contributed by atoms with Gasteiger partial charge < -0.3 is 4.74 Å². The van der Waals surface area contributed by atoms with Gasteiger partial charge in [-0.05, 0) is 30.2 Å². The fourth-order valence-corrected chi connectivity index (χ4v) is 4.40. The van der Waals surface area contributed by atoms with Crippen molar-refractivity contribution >= 4 is 44.4 Å². The number of imide groups is 1. The highest BCUT2D eigenvalue weighted by molar-refractivity contribution is 7.22. The van der Waals surface area contributed by atoms with Crippen molar-refractivity contribution in [2.24, 2.45) is 0 Å². The minimum absolute atomic E-state index is 0.145. The number of pyridine rings is 1. The Morgan fingerprint density at radius 3 is 2.67 bits per heavy atom. The van der Waals surface area contributed by atoms with E-state index < -0.39 is 0 Å². The molecule has 0 bridgehead atoms. The lowest BCUT2D eigenvalue weighted by atomic mass is 10.2. The van der Waals surface area contributed by atoms with Gasteiger partial charge in [-0.25, -0.2) is 4.98 Å². The highest BCUT2D eigenvalue weighted by Gasteiger charge is 2.33. The summed E-state index contributed by atoms with van der Waals surface area (Å²) in [6.45, 7) is 1.90. The third-order valence-corrected chi connectivity index (χ3v) is 6.17. The van der Waals surface area contributed by atoms with E-state index >= 15 is 0 Å². The Balaban J connectivity index is 1.72. The summed E-state index contributed by atoms with van der Waals surface area (Å²) in [5, 5.41) is 0.477. The maximum Gasteiger partial charge on any atom is 0.249 e.